The highest BCUT2D eigenvalue weighted by Crippen LogP contribution is 2.03. The van der Waals surface area contributed by atoms with Crippen molar-refractivity contribution < 1.29 is 24.6 Å². The molecule has 1 aromatic rings. The molecule has 0 spiro atoms. The molecule has 0 aliphatic carbocycles. The van der Waals surface area contributed by atoms with Gasteiger partial charge in [0.15, 0.2) is 6.73 Å². The molecule has 0 saturated carbocycles. The van der Waals surface area contributed by atoms with E-state index in [1.54, 1.807) is 37.3 Å². The van der Waals surface area contributed by atoms with Crippen molar-refractivity contribution >= 4 is 17.8 Å². The zero-order valence-electron chi connectivity index (χ0n) is 13.6. The van der Waals surface area contributed by atoms with Gasteiger partial charge in [0.25, 0.3) is 0 Å². The number of carboxylic acids is 1. The van der Waals surface area contributed by atoms with Crippen LogP contribution in [0, 0.1) is 0 Å². The van der Waals surface area contributed by atoms with E-state index in [0.717, 1.165) is 5.06 Å². The van der Waals surface area contributed by atoms with Crippen LogP contribution >= 0.6 is 0 Å². The normalized spacial score (nSPS) is 12.5. The minimum atomic E-state index is -1.03. The first kappa shape index (κ1) is 19.6. The molecular formula is C16H23N3O5. The number of nitrogens with two attached hydrogens (primary N) is 1. The van der Waals surface area contributed by atoms with E-state index in [4.69, 9.17) is 15.6 Å². The highest BCUT2D eigenvalue weighted by molar-refractivity contribution is 5.89. The molecule has 1 atom stereocenters. The van der Waals surface area contributed by atoms with Gasteiger partial charge < -0.3 is 15.6 Å². The van der Waals surface area contributed by atoms with Crippen LogP contribution in [0.1, 0.15) is 36.5 Å². The number of carbonyl (C=O) groups is 2. The van der Waals surface area contributed by atoms with E-state index in [-0.39, 0.29) is 13.3 Å². The molecule has 0 aliphatic heterocycles. The molecule has 4 N–H and O–H groups in total. The summed E-state index contributed by atoms with van der Waals surface area (Å²) in [7, 11) is 0. The van der Waals surface area contributed by atoms with Crippen LogP contribution in [0.2, 0.25) is 0 Å². The first-order chi connectivity index (χ1) is 11.4. The van der Waals surface area contributed by atoms with Crippen molar-refractivity contribution in [1.29, 1.82) is 0 Å². The van der Waals surface area contributed by atoms with E-state index >= 15 is 0 Å². The fourth-order valence-corrected chi connectivity index (χ4v) is 1.83. The van der Waals surface area contributed by atoms with Gasteiger partial charge in [0.2, 0.25) is 0 Å². The maximum atomic E-state index is 11.7. The summed E-state index contributed by atoms with van der Waals surface area (Å²) in [5, 5.41) is 19.4. The van der Waals surface area contributed by atoms with Crippen molar-refractivity contribution in [2.24, 2.45) is 10.7 Å². The number of hydrogen-bond acceptors (Lipinski definition) is 6. The standard InChI is InChI=1S/C16H23N3O5/c1-12(19(23)10-6-5-9-14(17)15(20)21)18-11-24-16(22)13-7-3-2-4-8-13/h2-4,7-8,14,23H,5-6,9-11,17H2,1H3,(H,20,21)/t14-/m0/s1. The lowest BCUT2D eigenvalue weighted by atomic mass is 10.1. The van der Waals surface area contributed by atoms with Crippen LogP contribution in [0.3, 0.4) is 0 Å². The number of hydroxylamine groups is 2. The van der Waals surface area contributed by atoms with Crippen LogP contribution in [0.5, 0.6) is 0 Å². The Bertz CT molecular complexity index is 562. The monoisotopic (exact) mass is 337 g/mol. The number of rotatable bonds is 9. The minimum Gasteiger partial charge on any atom is -0.480 e. The molecule has 1 rings (SSSR count). The maximum Gasteiger partial charge on any atom is 0.339 e. The molecule has 132 valence electrons. The number of hydrogen-bond donors (Lipinski definition) is 3. The number of unbranched alkanes of at least 4 members (excludes halogenated alkanes) is 1. The summed E-state index contributed by atoms with van der Waals surface area (Å²) < 4.78 is 4.99. The molecule has 0 saturated heterocycles. The number of carbonyl (C=O) groups excluding carboxylic acids is 1. The van der Waals surface area contributed by atoms with Crippen molar-refractivity contribution in [2.75, 3.05) is 13.3 Å². The summed E-state index contributed by atoms with van der Waals surface area (Å²) in [6.45, 7) is 1.67. The maximum absolute atomic E-state index is 11.7. The number of aliphatic carboxylic acids is 1. The number of carboxylic acid groups (broad SMARTS) is 1. The Labute approximate surface area is 140 Å². The van der Waals surface area contributed by atoms with Crippen molar-refractivity contribution in [1.82, 2.24) is 5.06 Å². The molecule has 0 radical (unpaired) electrons. The number of esters is 1. The van der Waals surface area contributed by atoms with Crippen LogP contribution in [0.4, 0.5) is 0 Å². The van der Waals surface area contributed by atoms with E-state index < -0.39 is 18.0 Å². The van der Waals surface area contributed by atoms with Gasteiger partial charge in [-0.1, -0.05) is 18.2 Å². The summed E-state index contributed by atoms with van der Waals surface area (Å²) in [5.74, 6) is -1.22. The highest BCUT2D eigenvalue weighted by atomic mass is 16.5. The summed E-state index contributed by atoms with van der Waals surface area (Å²) in [6, 6.07) is 7.65. The van der Waals surface area contributed by atoms with E-state index in [0.29, 0.717) is 30.7 Å². The average Bonchev–Trinajstić information content (AvgIpc) is 2.58. The van der Waals surface area contributed by atoms with Gasteiger partial charge in [-0.05, 0) is 38.3 Å². The molecule has 8 nitrogen and oxygen atoms in total. The minimum absolute atomic E-state index is 0.194. The molecule has 0 aliphatic rings. The average molecular weight is 337 g/mol. The number of nitrogens with zero attached hydrogens (tertiary/aromatic N) is 2. The van der Waals surface area contributed by atoms with Gasteiger partial charge in [0.05, 0.1) is 5.56 Å². The molecule has 0 heterocycles. The number of benzene rings is 1. The van der Waals surface area contributed by atoms with Gasteiger partial charge in [-0.3, -0.25) is 10.0 Å². The van der Waals surface area contributed by atoms with E-state index in [1.807, 2.05) is 0 Å². The molecule has 0 aromatic heterocycles. The Balaban J connectivity index is 2.27. The van der Waals surface area contributed by atoms with Crippen molar-refractivity contribution in [3.8, 4) is 0 Å². The summed E-state index contributed by atoms with van der Waals surface area (Å²) in [4.78, 5) is 26.2. The van der Waals surface area contributed by atoms with Gasteiger partial charge in [-0.25, -0.2) is 14.9 Å². The Kier molecular flexibility index (Phi) is 8.45. The van der Waals surface area contributed by atoms with Crippen LogP contribution in [0.25, 0.3) is 0 Å². The number of amidine groups is 1. The molecule has 1 aromatic carbocycles. The summed E-state index contributed by atoms with van der Waals surface area (Å²) >= 11 is 0. The van der Waals surface area contributed by atoms with Gasteiger partial charge >= 0.3 is 11.9 Å². The lowest BCUT2D eigenvalue weighted by Crippen LogP contribution is -2.30. The van der Waals surface area contributed by atoms with E-state index in [9.17, 15) is 14.8 Å². The van der Waals surface area contributed by atoms with Gasteiger partial charge in [-0.15, -0.1) is 0 Å². The predicted octanol–water partition coefficient (Wildman–Crippen LogP) is 1.49. The molecule has 0 unspecified atom stereocenters. The van der Waals surface area contributed by atoms with E-state index in [1.165, 1.54) is 0 Å². The van der Waals surface area contributed by atoms with Gasteiger partial charge in [0, 0.05) is 6.54 Å². The third-order valence-corrected chi connectivity index (χ3v) is 3.32. The molecule has 0 amide bonds. The predicted molar refractivity (Wildman–Crippen MR) is 87.8 cm³/mol. The van der Waals surface area contributed by atoms with Crippen LogP contribution in [-0.2, 0) is 9.53 Å². The summed E-state index contributed by atoms with van der Waals surface area (Å²) in [5.41, 5.74) is 5.82. The Hall–Kier alpha value is -2.45. The van der Waals surface area contributed by atoms with Crippen molar-refractivity contribution in [3.05, 3.63) is 35.9 Å². The topological polar surface area (TPSA) is 125 Å². The molecule has 0 fully saturated rings. The first-order valence-corrected chi connectivity index (χ1v) is 7.60. The Morgan fingerprint density at radius 2 is 1.96 bits per heavy atom. The molecule has 24 heavy (non-hydrogen) atoms. The van der Waals surface area contributed by atoms with Crippen molar-refractivity contribution in [2.45, 2.75) is 32.2 Å². The quantitative estimate of drug-likeness (QED) is 0.205. The fourth-order valence-electron chi connectivity index (χ4n) is 1.83. The van der Waals surface area contributed by atoms with E-state index in [2.05, 4.69) is 4.99 Å². The largest absolute Gasteiger partial charge is 0.480 e. The van der Waals surface area contributed by atoms with Gasteiger partial charge in [0.1, 0.15) is 11.9 Å². The third-order valence-electron chi connectivity index (χ3n) is 3.32. The fraction of sp³-hybridized carbons (Fsp3) is 0.438. The lowest BCUT2D eigenvalue weighted by molar-refractivity contribution is -0.138. The number of ether oxygens (including phenoxy) is 1. The Morgan fingerprint density at radius 3 is 2.58 bits per heavy atom. The SMILES string of the molecule is CC(=NCOC(=O)c1ccccc1)N(O)CCCC[C@H](N)C(=O)O. The smallest absolute Gasteiger partial charge is 0.339 e. The molecular weight excluding hydrogens is 314 g/mol. The lowest BCUT2D eigenvalue weighted by Gasteiger charge is -2.16. The second-order valence-corrected chi connectivity index (χ2v) is 5.20. The van der Waals surface area contributed by atoms with Crippen LogP contribution < -0.4 is 5.73 Å². The zero-order chi connectivity index (χ0) is 17.9. The zero-order valence-corrected chi connectivity index (χ0v) is 13.6. The van der Waals surface area contributed by atoms with Crippen LogP contribution in [-0.4, -0.2) is 52.5 Å². The summed E-state index contributed by atoms with van der Waals surface area (Å²) in [6.07, 6.45) is 1.48. The third kappa shape index (κ3) is 7.21. The molecule has 0 bridgehead atoms. The second kappa shape index (κ2) is 10.3. The second-order valence-electron chi connectivity index (χ2n) is 5.20. The molecule has 8 heteroatoms. The highest BCUT2D eigenvalue weighted by Gasteiger charge is 2.11. The number of aliphatic imine (C=N–C) groups is 1. The first-order valence-electron chi connectivity index (χ1n) is 7.60. The van der Waals surface area contributed by atoms with Gasteiger partial charge in [-0.2, -0.15) is 0 Å². The van der Waals surface area contributed by atoms with Crippen LogP contribution in [0.15, 0.2) is 35.3 Å². The Morgan fingerprint density at radius 1 is 1.29 bits per heavy atom. The van der Waals surface area contributed by atoms with Crippen molar-refractivity contribution in [3.63, 3.8) is 0 Å².